The molecule has 112 valence electrons. The molecule has 3 atom stereocenters. The number of carbonyl (C=O) groups is 1. The van der Waals surface area contributed by atoms with Crippen LogP contribution in [0.2, 0.25) is 0 Å². The molecule has 4 nitrogen and oxygen atoms in total. The van der Waals surface area contributed by atoms with Crippen LogP contribution in [-0.2, 0) is 17.6 Å². The number of carbonyl (C=O) groups excluding carboxylic acids is 1. The summed E-state index contributed by atoms with van der Waals surface area (Å²) in [6.07, 6.45) is 5.65. The zero-order chi connectivity index (χ0) is 15.0. The van der Waals surface area contributed by atoms with Gasteiger partial charge in [0.2, 0.25) is 5.91 Å². The molecule has 0 aliphatic heterocycles. The predicted octanol–water partition coefficient (Wildman–Crippen LogP) is 2.81. The lowest BCUT2D eigenvalue weighted by atomic mass is 9.88. The van der Waals surface area contributed by atoms with Crippen LogP contribution in [0.5, 0.6) is 0 Å². The average molecular weight is 303 g/mol. The van der Waals surface area contributed by atoms with Crippen molar-refractivity contribution in [3.8, 4) is 6.07 Å². The van der Waals surface area contributed by atoms with Crippen LogP contribution in [-0.4, -0.2) is 11.9 Å². The first kappa shape index (κ1) is 14.6. The number of fused-ring (bicyclic) bond motifs is 1. The molecule has 3 N–H and O–H groups in total. The second-order valence-electron chi connectivity index (χ2n) is 6.43. The molecule has 5 heteroatoms. The van der Waals surface area contributed by atoms with Gasteiger partial charge in [0.25, 0.3) is 0 Å². The third kappa shape index (κ3) is 2.83. The molecule has 21 heavy (non-hydrogen) atoms. The monoisotopic (exact) mass is 303 g/mol. The second-order valence-corrected chi connectivity index (χ2v) is 7.53. The van der Waals surface area contributed by atoms with Crippen LogP contribution in [0, 0.1) is 23.2 Å². The first-order valence-corrected chi connectivity index (χ1v) is 8.51. The van der Waals surface area contributed by atoms with Crippen molar-refractivity contribution in [3.63, 3.8) is 0 Å². The minimum atomic E-state index is 0.00425. The highest BCUT2D eigenvalue weighted by Gasteiger charge is 2.30. The van der Waals surface area contributed by atoms with Crippen molar-refractivity contribution >= 4 is 22.2 Å². The Morgan fingerprint density at radius 2 is 2.24 bits per heavy atom. The van der Waals surface area contributed by atoms with E-state index in [4.69, 9.17) is 5.73 Å². The SMILES string of the molecule is CC1CCc2c(sc(NC(=O)C3CCC(N)C3)c2C#N)C1. The van der Waals surface area contributed by atoms with Gasteiger partial charge >= 0.3 is 0 Å². The maximum absolute atomic E-state index is 12.3. The van der Waals surface area contributed by atoms with Gasteiger partial charge in [0.05, 0.1) is 5.56 Å². The van der Waals surface area contributed by atoms with E-state index in [-0.39, 0.29) is 17.9 Å². The Morgan fingerprint density at radius 1 is 1.43 bits per heavy atom. The highest BCUT2D eigenvalue weighted by molar-refractivity contribution is 7.16. The average Bonchev–Trinajstić information content (AvgIpc) is 3.01. The summed E-state index contributed by atoms with van der Waals surface area (Å²) >= 11 is 1.59. The van der Waals surface area contributed by atoms with Crippen molar-refractivity contribution < 1.29 is 4.79 Å². The Balaban J connectivity index is 1.80. The number of hydrogen-bond donors (Lipinski definition) is 2. The van der Waals surface area contributed by atoms with Crippen molar-refractivity contribution in [1.29, 1.82) is 5.26 Å². The molecule has 2 aliphatic rings. The molecule has 1 amide bonds. The number of nitrogens with zero attached hydrogens (tertiary/aromatic N) is 1. The molecule has 1 heterocycles. The zero-order valence-electron chi connectivity index (χ0n) is 12.3. The van der Waals surface area contributed by atoms with E-state index in [9.17, 15) is 10.1 Å². The first-order valence-electron chi connectivity index (χ1n) is 7.69. The van der Waals surface area contributed by atoms with Crippen LogP contribution in [0.1, 0.15) is 48.6 Å². The fourth-order valence-corrected chi connectivity index (χ4v) is 4.79. The minimum Gasteiger partial charge on any atom is -0.328 e. The number of nitrogens with one attached hydrogen (secondary N) is 1. The fourth-order valence-electron chi connectivity index (χ4n) is 3.43. The van der Waals surface area contributed by atoms with Crippen molar-refractivity contribution in [2.45, 2.75) is 51.5 Å². The second kappa shape index (κ2) is 5.78. The normalized spacial score (nSPS) is 28.0. The molecule has 0 saturated heterocycles. The van der Waals surface area contributed by atoms with Gasteiger partial charge in [-0.3, -0.25) is 4.79 Å². The number of anilines is 1. The molecule has 1 fully saturated rings. The van der Waals surface area contributed by atoms with Crippen molar-refractivity contribution in [2.24, 2.45) is 17.6 Å². The smallest absolute Gasteiger partial charge is 0.228 e. The van der Waals surface area contributed by atoms with E-state index in [0.717, 1.165) is 43.5 Å². The Bertz CT molecular complexity index is 601. The van der Waals surface area contributed by atoms with Crippen LogP contribution in [0.3, 0.4) is 0 Å². The molecule has 0 radical (unpaired) electrons. The number of rotatable bonds is 2. The van der Waals surface area contributed by atoms with Gasteiger partial charge in [0.15, 0.2) is 0 Å². The van der Waals surface area contributed by atoms with E-state index < -0.39 is 0 Å². The summed E-state index contributed by atoms with van der Waals surface area (Å²) in [4.78, 5) is 13.6. The summed E-state index contributed by atoms with van der Waals surface area (Å²) < 4.78 is 0. The lowest BCUT2D eigenvalue weighted by Crippen LogP contribution is -2.23. The summed E-state index contributed by atoms with van der Waals surface area (Å²) in [6.45, 7) is 2.24. The number of nitrogens with two attached hydrogens (primary N) is 1. The number of hydrogen-bond acceptors (Lipinski definition) is 4. The number of thiophene rings is 1. The first-order chi connectivity index (χ1) is 10.1. The topological polar surface area (TPSA) is 78.9 Å². The molecule has 0 aromatic carbocycles. The van der Waals surface area contributed by atoms with E-state index in [2.05, 4.69) is 18.3 Å². The van der Waals surface area contributed by atoms with Crippen LogP contribution >= 0.6 is 11.3 Å². The van der Waals surface area contributed by atoms with E-state index in [1.54, 1.807) is 11.3 Å². The molecule has 0 bridgehead atoms. The van der Waals surface area contributed by atoms with E-state index >= 15 is 0 Å². The molecular weight excluding hydrogens is 282 g/mol. The molecule has 2 aliphatic carbocycles. The molecule has 1 aromatic rings. The van der Waals surface area contributed by atoms with Crippen molar-refractivity contribution in [2.75, 3.05) is 5.32 Å². The van der Waals surface area contributed by atoms with Crippen LogP contribution in [0.15, 0.2) is 0 Å². The lowest BCUT2D eigenvalue weighted by molar-refractivity contribution is -0.119. The summed E-state index contributed by atoms with van der Waals surface area (Å²) in [5, 5.41) is 13.2. The highest BCUT2D eigenvalue weighted by atomic mass is 32.1. The van der Waals surface area contributed by atoms with Crippen LogP contribution in [0.4, 0.5) is 5.00 Å². The Hall–Kier alpha value is -1.38. The van der Waals surface area contributed by atoms with Crippen molar-refractivity contribution in [1.82, 2.24) is 0 Å². The van der Waals surface area contributed by atoms with Gasteiger partial charge < -0.3 is 11.1 Å². The number of nitriles is 1. The summed E-state index contributed by atoms with van der Waals surface area (Å²) in [5.41, 5.74) is 7.74. The lowest BCUT2D eigenvalue weighted by Gasteiger charge is -2.17. The predicted molar refractivity (Wildman–Crippen MR) is 84.2 cm³/mol. The van der Waals surface area contributed by atoms with Gasteiger partial charge in [0, 0.05) is 16.8 Å². The molecular formula is C16H21N3OS. The van der Waals surface area contributed by atoms with Gasteiger partial charge in [-0.2, -0.15) is 5.26 Å². The van der Waals surface area contributed by atoms with Gasteiger partial charge in [-0.15, -0.1) is 11.3 Å². The Labute approximate surface area is 129 Å². The molecule has 1 aromatic heterocycles. The van der Waals surface area contributed by atoms with Gasteiger partial charge in [-0.1, -0.05) is 6.92 Å². The van der Waals surface area contributed by atoms with Crippen LogP contribution in [0.25, 0.3) is 0 Å². The highest BCUT2D eigenvalue weighted by Crippen LogP contribution is 2.39. The van der Waals surface area contributed by atoms with E-state index in [1.807, 2.05) is 0 Å². The third-order valence-corrected chi connectivity index (χ3v) is 5.87. The summed E-state index contributed by atoms with van der Waals surface area (Å²) in [5.74, 6) is 0.703. The van der Waals surface area contributed by atoms with Gasteiger partial charge in [-0.05, 0) is 50.0 Å². The Morgan fingerprint density at radius 3 is 2.90 bits per heavy atom. The van der Waals surface area contributed by atoms with Gasteiger partial charge in [0.1, 0.15) is 11.1 Å². The maximum atomic E-state index is 12.3. The zero-order valence-corrected chi connectivity index (χ0v) is 13.1. The van der Waals surface area contributed by atoms with Gasteiger partial charge in [-0.25, -0.2) is 0 Å². The fraction of sp³-hybridized carbons (Fsp3) is 0.625. The molecule has 0 spiro atoms. The largest absolute Gasteiger partial charge is 0.328 e. The van der Waals surface area contributed by atoms with E-state index in [1.165, 1.54) is 10.4 Å². The third-order valence-electron chi connectivity index (χ3n) is 4.70. The quantitative estimate of drug-likeness (QED) is 0.881. The number of amides is 1. The minimum absolute atomic E-state index is 0.00425. The Kier molecular flexibility index (Phi) is 4.01. The molecule has 3 unspecified atom stereocenters. The van der Waals surface area contributed by atoms with E-state index in [0.29, 0.717) is 11.5 Å². The summed E-state index contributed by atoms with van der Waals surface area (Å²) in [7, 11) is 0. The molecule has 1 saturated carbocycles. The maximum Gasteiger partial charge on any atom is 0.228 e. The standard InChI is InChI=1S/C16H21N3OS/c1-9-2-5-12-13(8-17)16(21-14(12)6-9)19-15(20)10-3-4-11(18)7-10/h9-11H,2-7,18H2,1H3,(H,19,20). The summed E-state index contributed by atoms with van der Waals surface area (Å²) in [6, 6.07) is 2.44. The van der Waals surface area contributed by atoms with Crippen LogP contribution < -0.4 is 11.1 Å². The molecule has 3 rings (SSSR count). The van der Waals surface area contributed by atoms with Crippen molar-refractivity contribution in [3.05, 3.63) is 16.0 Å².